The molecule has 1 heterocycles. The van der Waals surface area contributed by atoms with Crippen molar-refractivity contribution in [3.8, 4) is 0 Å². The van der Waals surface area contributed by atoms with E-state index in [0.29, 0.717) is 5.56 Å². The average molecular weight is 453 g/mol. The van der Waals surface area contributed by atoms with Crippen molar-refractivity contribution in [3.63, 3.8) is 0 Å². The number of hydrogen-bond donors (Lipinski definition) is 1. The summed E-state index contributed by atoms with van der Waals surface area (Å²) in [5.41, 5.74) is 0.494. The largest absolute Gasteiger partial charge is 0.480 e. The zero-order valence-corrected chi connectivity index (χ0v) is 18.9. The lowest BCUT2D eigenvalue weighted by atomic mass is 9.86. The van der Waals surface area contributed by atoms with Crippen LogP contribution in [0.25, 0.3) is 0 Å². The van der Waals surface area contributed by atoms with Crippen LogP contribution in [0.4, 0.5) is 9.59 Å². The van der Waals surface area contributed by atoms with Crippen LogP contribution >= 0.6 is 0 Å². The average Bonchev–Trinajstić information content (AvgIpc) is 3.13. The summed E-state index contributed by atoms with van der Waals surface area (Å²) in [6.07, 6.45) is -0.390. The highest BCUT2D eigenvalue weighted by Gasteiger charge is 2.56. The van der Waals surface area contributed by atoms with Crippen molar-refractivity contribution in [1.29, 1.82) is 0 Å². The lowest BCUT2D eigenvalue weighted by Gasteiger charge is -2.33. The summed E-state index contributed by atoms with van der Waals surface area (Å²) in [7, 11) is 0. The Morgan fingerprint density at radius 2 is 1.55 bits per heavy atom. The Labute approximate surface area is 193 Å². The second kappa shape index (κ2) is 9.77. The molecule has 0 saturated carbocycles. The number of aliphatic carboxylic acids is 1. The second-order valence-electron chi connectivity index (χ2n) is 8.66. The first-order valence-corrected chi connectivity index (χ1v) is 10.6. The molecule has 1 aliphatic heterocycles. The molecule has 0 spiro atoms. The first kappa shape index (κ1) is 23.8. The predicted molar refractivity (Wildman–Crippen MR) is 121 cm³/mol. The molecule has 1 saturated heterocycles. The van der Waals surface area contributed by atoms with Gasteiger partial charge in [0.05, 0.1) is 6.04 Å². The highest BCUT2D eigenvalue weighted by Crippen LogP contribution is 2.40. The molecule has 0 radical (unpaired) electrons. The number of carboxylic acids is 1. The zero-order valence-electron chi connectivity index (χ0n) is 18.9. The van der Waals surface area contributed by atoms with Crippen molar-refractivity contribution in [2.75, 3.05) is 0 Å². The van der Waals surface area contributed by atoms with Crippen molar-refractivity contribution in [2.24, 2.45) is 0 Å². The van der Waals surface area contributed by atoms with Gasteiger partial charge in [0.2, 0.25) is 0 Å². The topological polar surface area (TPSA) is 96.4 Å². The molecule has 1 aliphatic rings. The van der Waals surface area contributed by atoms with Crippen LogP contribution in [0.5, 0.6) is 0 Å². The third-order valence-corrected chi connectivity index (χ3v) is 5.14. The fourth-order valence-electron chi connectivity index (χ4n) is 3.83. The van der Waals surface area contributed by atoms with Crippen LogP contribution in [0.2, 0.25) is 0 Å². The van der Waals surface area contributed by atoms with Gasteiger partial charge in [-0.2, -0.15) is 5.01 Å². The third-order valence-electron chi connectivity index (χ3n) is 5.14. The lowest BCUT2D eigenvalue weighted by molar-refractivity contribution is -0.145. The van der Waals surface area contributed by atoms with Crippen LogP contribution in [-0.4, -0.2) is 51.0 Å². The van der Waals surface area contributed by atoms with Gasteiger partial charge in [-0.3, -0.25) is 0 Å². The molecule has 1 N–H and O–H groups in total. The van der Waals surface area contributed by atoms with Gasteiger partial charge in [0, 0.05) is 5.92 Å². The molecule has 33 heavy (non-hydrogen) atoms. The Hall–Kier alpha value is -3.81. The summed E-state index contributed by atoms with van der Waals surface area (Å²) in [5.74, 6) is -2.06. The molecule has 8 nitrogen and oxygen atoms in total. The van der Waals surface area contributed by atoms with E-state index >= 15 is 0 Å². The molecule has 1 fully saturated rings. The number of benzene rings is 2. The number of carbonyl (C=O) groups is 3. The maximum atomic E-state index is 13.2. The Bertz CT molecular complexity index is 1000. The van der Waals surface area contributed by atoms with Crippen LogP contribution in [-0.2, 0) is 20.9 Å². The Balaban J connectivity index is 2.03. The highest BCUT2D eigenvalue weighted by molar-refractivity contribution is 5.85. The Morgan fingerprint density at radius 3 is 2.06 bits per heavy atom. The van der Waals surface area contributed by atoms with Gasteiger partial charge in [-0.1, -0.05) is 66.7 Å². The summed E-state index contributed by atoms with van der Waals surface area (Å²) in [5, 5.41) is 12.0. The molecule has 8 heteroatoms. The molecule has 0 bridgehead atoms. The highest BCUT2D eigenvalue weighted by atomic mass is 16.6. The van der Waals surface area contributed by atoms with Crippen molar-refractivity contribution in [1.82, 2.24) is 10.0 Å². The van der Waals surface area contributed by atoms with Crippen LogP contribution in [0, 0.1) is 0 Å². The quantitative estimate of drug-likeness (QED) is 0.667. The molecule has 0 aromatic heterocycles. The maximum absolute atomic E-state index is 13.2. The maximum Gasteiger partial charge on any atom is 0.430 e. The van der Waals surface area contributed by atoms with E-state index in [9.17, 15) is 19.5 Å². The molecule has 1 unspecified atom stereocenters. The smallest absolute Gasteiger partial charge is 0.430 e. The van der Waals surface area contributed by atoms with Crippen molar-refractivity contribution < 1.29 is 29.0 Å². The molecule has 2 amide bonds. The van der Waals surface area contributed by atoms with Gasteiger partial charge in [-0.15, -0.1) is 6.58 Å². The van der Waals surface area contributed by atoms with Gasteiger partial charge in [0.25, 0.3) is 0 Å². The first-order chi connectivity index (χ1) is 15.6. The number of nitrogens with zero attached hydrogens (tertiary/aromatic N) is 2. The number of carbonyl (C=O) groups excluding carboxylic acids is 2. The standard InChI is InChI=1S/C25H28N2O6/c1-5-19-20(18-14-10-7-11-15-18)21(22(28)29)27(26(19)24(31)33-25(2,3)4)23(30)32-16-17-12-8-6-9-13-17/h5-15,19-21H,1,16H2,2-4H3,(H,28,29)/t19-,20-,21?/m0/s1. The van der Waals surface area contributed by atoms with Crippen LogP contribution in [0.15, 0.2) is 73.3 Å². The molecular formula is C25H28N2O6. The SMILES string of the molecule is C=C[C@H]1[C@H](c2ccccc2)C(C(=O)O)N(C(=O)OCc2ccccc2)N1C(=O)OC(C)(C)C. The van der Waals surface area contributed by atoms with E-state index < -0.39 is 41.8 Å². The Morgan fingerprint density at radius 1 is 0.970 bits per heavy atom. The van der Waals surface area contributed by atoms with Crippen molar-refractivity contribution in [2.45, 2.75) is 51.0 Å². The van der Waals surface area contributed by atoms with Gasteiger partial charge in [0.15, 0.2) is 6.04 Å². The summed E-state index contributed by atoms with van der Waals surface area (Å²) in [4.78, 5) is 38.8. The molecule has 174 valence electrons. The van der Waals surface area contributed by atoms with E-state index in [1.807, 2.05) is 6.07 Å². The van der Waals surface area contributed by atoms with Crippen LogP contribution in [0.3, 0.4) is 0 Å². The molecule has 3 rings (SSSR count). The fraction of sp³-hybridized carbons (Fsp3) is 0.320. The third kappa shape index (κ3) is 5.34. The number of rotatable bonds is 5. The van der Waals surface area contributed by atoms with Gasteiger partial charge < -0.3 is 14.6 Å². The fourth-order valence-corrected chi connectivity index (χ4v) is 3.83. The number of amides is 2. The lowest BCUT2D eigenvalue weighted by Crippen LogP contribution is -2.53. The number of hydrogen-bond acceptors (Lipinski definition) is 5. The van der Waals surface area contributed by atoms with Gasteiger partial charge >= 0.3 is 18.2 Å². The summed E-state index contributed by atoms with van der Waals surface area (Å²) >= 11 is 0. The zero-order chi connectivity index (χ0) is 24.2. The van der Waals surface area contributed by atoms with E-state index in [-0.39, 0.29) is 6.61 Å². The van der Waals surface area contributed by atoms with Crippen LogP contribution < -0.4 is 0 Å². The minimum absolute atomic E-state index is 0.0839. The summed E-state index contributed by atoms with van der Waals surface area (Å²) < 4.78 is 10.9. The van der Waals surface area contributed by atoms with Gasteiger partial charge in [-0.25, -0.2) is 19.4 Å². The number of hydrazine groups is 1. The molecule has 2 aromatic carbocycles. The van der Waals surface area contributed by atoms with Crippen LogP contribution in [0.1, 0.15) is 37.8 Å². The number of ether oxygens (including phenoxy) is 2. The van der Waals surface area contributed by atoms with E-state index in [2.05, 4.69) is 6.58 Å². The summed E-state index contributed by atoms with van der Waals surface area (Å²) in [6, 6.07) is 15.5. The van der Waals surface area contributed by atoms with E-state index in [1.165, 1.54) is 6.08 Å². The minimum Gasteiger partial charge on any atom is -0.480 e. The molecule has 0 aliphatic carbocycles. The second-order valence-corrected chi connectivity index (χ2v) is 8.66. The van der Waals surface area contributed by atoms with Crippen molar-refractivity contribution >= 4 is 18.2 Å². The normalized spacial score (nSPS) is 20.3. The monoisotopic (exact) mass is 452 g/mol. The first-order valence-electron chi connectivity index (χ1n) is 10.6. The molecular weight excluding hydrogens is 424 g/mol. The van der Waals surface area contributed by atoms with E-state index in [0.717, 1.165) is 15.6 Å². The molecule has 3 atom stereocenters. The van der Waals surface area contributed by atoms with E-state index in [4.69, 9.17) is 9.47 Å². The van der Waals surface area contributed by atoms with Gasteiger partial charge in [-0.05, 0) is 31.9 Å². The van der Waals surface area contributed by atoms with Gasteiger partial charge in [0.1, 0.15) is 12.2 Å². The van der Waals surface area contributed by atoms with E-state index in [1.54, 1.807) is 75.4 Å². The Kier molecular flexibility index (Phi) is 7.06. The van der Waals surface area contributed by atoms with Crippen molar-refractivity contribution in [3.05, 3.63) is 84.4 Å². The minimum atomic E-state index is -1.41. The number of carboxylic acid groups (broad SMARTS) is 1. The summed E-state index contributed by atoms with van der Waals surface area (Å²) in [6.45, 7) is 8.78. The molecule has 2 aromatic rings. The predicted octanol–water partition coefficient (Wildman–Crippen LogP) is 4.58.